The fraction of sp³-hybridized carbons (Fsp3) is 0.457. The summed E-state index contributed by atoms with van der Waals surface area (Å²) in [5.41, 5.74) is 3.67. The normalized spacial score (nSPS) is 28.6. The van der Waals surface area contributed by atoms with Crippen molar-refractivity contribution in [2.75, 3.05) is 0 Å². The minimum Gasteiger partial charge on any atom is -0.508 e. The number of rotatable bonds is 5. The minimum absolute atomic E-state index is 0.0464. The molecule has 7 rings (SSSR count). The Morgan fingerprint density at radius 1 is 0.911 bits per heavy atom. The molecule has 8 bridgehead atoms. The average molecular weight is 763 g/mol. The number of aryl methyl sites for hydroxylation is 1. The van der Waals surface area contributed by atoms with Crippen LogP contribution in [-0.2, 0) is 51.4 Å². The van der Waals surface area contributed by atoms with E-state index in [-0.39, 0.29) is 61.9 Å². The molecule has 0 spiro atoms. The molecule has 10 heteroatoms. The summed E-state index contributed by atoms with van der Waals surface area (Å²) in [4.78, 5) is 40.8. The molecular weight excluding hydrogens is 712 g/mol. The molecule has 1 fully saturated rings. The molecule has 0 amide bonds. The van der Waals surface area contributed by atoms with Gasteiger partial charge in [-0.2, -0.15) is 0 Å². The van der Waals surface area contributed by atoms with Crippen molar-refractivity contribution < 1.29 is 49.4 Å². The average Bonchev–Trinajstić information content (AvgIpc) is 3.16. The number of ketones is 1. The summed E-state index contributed by atoms with van der Waals surface area (Å²) in [6.07, 6.45) is 1.50. The van der Waals surface area contributed by atoms with Gasteiger partial charge in [0.15, 0.2) is 0 Å². The van der Waals surface area contributed by atoms with Gasteiger partial charge in [0.05, 0.1) is 31.2 Å². The van der Waals surface area contributed by atoms with Gasteiger partial charge >= 0.3 is 11.9 Å². The van der Waals surface area contributed by atoms with Crippen LogP contribution in [-0.4, -0.2) is 67.2 Å². The number of phenolic OH excluding ortho intramolecular Hbond substituents is 1. The molecule has 1 saturated carbocycles. The fourth-order valence-electron chi connectivity index (χ4n) is 8.75. The number of carbonyl (C=O) groups excluding carboxylic acids is 3. The summed E-state index contributed by atoms with van der Waals surface area (Å²) >= 11 is 0. The second kappa shape index (κ2) is 16.4. The van der Waals surface area contributed by atoms with Crippen LogP contribution < -0.4 is 4.74 Å². The largest absolute Gasteiger partial charge is 0.508 e. The van der Waals surface area contributed by atoms with Crippen LogP contribution in [0.15, 0.2) is 66.2 Å². The smallest absolute Gasteiger partial charge is 0.334 e. The third kappa shape index (κ3) is 8.62. The van der Waals surface area contributed by atoms with Crippen LogP contribution in [0.5, 0.6) is 11.5 Å². The molecule has 56 heavy (non-hydrogen) atoms. The van der Waals surface area contributed by atoms with Gasteiger partial charge in [-0.1, -0.05) is 60.4 Å². The number of carbonyl (C=O) groups is 3. The van der Waals surface area contributed by atoms with Gasteiger partial charge in [0, 0.05) is 48.3 Å². The number of aliphatic hydroxyl groups is 4. The maximum atomic E-state index is 14.6. The molecule has 3 aromatic carbocycles. The standard InChI is InChI=1S/C46H50O10/c1-26(48)40(50)18-29-14-30(25-47)17-34(16-29)31-9-10-32-23-44(52)55-42-24-41(51)36(21-38(32)42)22-43-46(2,54)37-11-12-39(49)35(20-37)15-28-7-3-5-27(13-28)6-4-8-33(19-31)45(53)56-43/h3,5,7-8,13-14,16-17,21,24,26,31-32,35,37,40,43,47-48,50-51,54H,4,6,11-12,15,18-20,22-23,25H2,1-2H3/b33-8-/t26-,31-,32+,35-,37+,40+,43+,46-/m0/s1. The highest BCUT2D eigenvalue weighted by molar-refractivity contribution is 5.89. The lowest BCUT2D eigenvalue weighted by atomic mass is 9.68. The Labute approximate surface area is 327 Å². The monoisotopic (exact) mass is 762 g/mol. The highest BCUT2D eigenvalue weighted by Gasteiger charge is 2.46. The molecule has 3 aromatic rings. The van der Waals surface area contributed by atoms with E-state index >= 15 is 0 Å². The Kier molecular flexibility index (Phi) is 11.5. The molecule has 294 valence electrons. The first-order valence-corrected chi connectivity index (χ1v) is 19.7. The van der Waals surface area contributed by atoms with Gasteiger partial charge in [-0.15, -0.1) is 0 Å². The molecule has 0 aromatic heterocycles. The third-order valence-electron chi connectivity index (χ3n) is 12.2. The van der Waals surface area contributed by atoms with Crippen molar-refractivity contribution in [1.82, 2.24) is 0 Å². The van der Waals surface area contributed by atoms with Crippen molar-refractivity contribution in [1.29, 1.82) is 0 Å². The van der Waals surface area contributed by atoms with Gasteiger partial charge in [-0.05, 0) is 97.7 Å². The van der Waals surface area contributed by atoms with Gasteiger partial charge in [0.2, 0.25) is 0 Å². The Hall–Kier alpha value is -4.79. The second-order valence-corrected chi connectivity index (χ2v) is 16.3. The van der Waals surface area contributed by atoms with Gasteiger partial charge in [0.25, 0.3) is 0 Å². The zero-order valence-electron chi connectivity index (χ0n) is 31.9. The number of ether oxygens (including phenoxy) is 2. The molecule has 0 radical (unpaired) electrons. The molecule has 5 N–H and O–H groups in total. The third-order valence-corrected chi connectivity index (χ3v) is 12.2. The molecular formula is C46H50O10. The number of aliphatic hydroxyl groups excluding tert-OH is 3. The Bertz CT molecular complexity index is 2100. The molecule has 1 aliphatic carbocycles. The van der Waals surface area contributed by atoms with E-state index in [1.165, 1.54) is 13.0 Å². The van der Waals surface area contributed by atoms with Crippen molar-refractivity contribution in [3.8, 4) is 23.3 Å². The number of esters is 2. The number of hydrogen-bond donors (Lipinski definition) is 5. The lowest BCUT2D eigenvalue weighted by Gasteiger charge is -2.42. The highest BCUT2D eigenvalue weighted by Crippen LogP contribution is 2.43. The van der Waals surface area contributed by atoms with Gasteiger partial charge in [0.1, 0.15) is 29.0 Å². The molecule has 0 unspecified atom stereocenters. The molecule has 8 atom stereocenters. The summed E-state index contributed by atoms with van der Waals surface area (Å²) in [6.45, 7) is 2.85. The number of Topliss-reactive ketones (excluding diaryl/α,β-unsaturated/α-hetero) is 1. The van der Waals surface area contributed by atoms with Crippen LogP contribution in [0.25, 0.3) is 0 Å². The first-order chi connectivity index (χ1) is 26.8. The first kappa shape index (κ1) is 39.4. The molecule has 10 nitrogen and oxygen atoms in total. The summed E-state index contributed by atoms with van der Waals surface area (Å²) in [5, 5.41) is 54.7. The van der Waals surface area contributed by atoms with E-state index in [9.17, 15) is 39.9 Å². The van der Waals surface area contributed by atoms with Crippen molar-refractivity contribution >= 4 is 17.7 Å². The maximum Gasteiger partial charge on any atom is 0.334 e. The van der Waals surface area contributed by atoms with E-state index < -0.39 is 53.6 Å². The van der Waals surface area contributed by atoms with E-state index in [0.717, 1.165) is 11.1 Å². The number of aromatic hydroxyl groups is 1. The van der Waals surface area contributed by atoms with Crippen LogP contribution in [0.2, 0.25) is 0 Å². The van der Waals surface area contributed by atoms with Crippen LogP contribution in [0.4, 0.5) is 0 Å². The van der Waals surface area contributed by atoms with Crippen molar-refractivity contribution in [2.24, 2.45) is 11.8 Å². The van der Waals surface area contributed by atoms with E-state index in [0.29, 0.717) is 65.5 Å². The number of allylic oxidation sites excluding steroid dienone is 1. The van der Waals surface area contributed by atoms with Crippen LogP contribution >= 0.6 is 0 Å². The van der Waals surface area contributed by atoms with E-state index in [4.69, 9.17) is 9.47 Å². The lowest BCUT2D eigenvalue weighted by molar-refractivity contribution is -0.170. The van der Waals surface area contributed by atoms with Crippen molar-refractivity contribution in [2.45, 2.75) is 120 Å². The zero-order valence-corrected chi connectivity index (χ0v) is 31.9. The summed E-state index contributed by atoms with van der Waals surface area (Å²) in [6, 6.07) is 16.6. The van der Waals surface area contributed by atoms with E-state index in [1.54, 1.807) is 25.1 Å². The predicted octanol–water partition coefficient (Wildman–Crippen LogP) is 5.06. The van der Waals surface area contributed by atoms with Crippen LogP contribution in [0, 0.1) is 23.7 Å². The zero-order chi connectivity index (χ0) is 39.7. The van der Waals surface area contributed by atoms with Crippen molar-refractivity contribution in [3.05, 3.63) is 105 Å². The van der Waals surface area contributed by atoms with E-state index in [1.807, 2.05) is 30.3 Å². The first-order valence-electron chi connectivity index (χ1n) is 19.7. The number of hydrogen-bond acceptors (Lipinski definition) is 10. The van der Waals surface area contributed by atoms with Gasteiger partial charge < -0.3 is 35.0 Å². The van der Waals surface area contributed by atoms with Gasteiger partial charge in [-0.3, -0.25) is 9.59 Å². The maximum absolute atomic E-state index is 14.6. The Balaban J connectivity index is 1.39. The topological polar surface area (TPSA) is 171 Å². The van der Waals surface area contributed by atoms with Crippen LogP contribution in [0.1, 0.15) is 103 Å². The molecule has 3 aliphatic heterocycles. The summed E-state index contributed by atoms with van der Waals surface area (Å²) in [7, 11) is 0. The number of phenols is 1. The molecule has 0 saturated heterocycles. The SMILES string of the molecule is C[C@H](O)[C@H](O)Cc1cc(CO)cc([C@H]2C#C[C@@H]3CC(=O)Oc4cc(O)c(cc43)C[C@H]3OC(=O)/C(=C\CCc4cccc(c4)C[C@H]4C[C@@H](CCC4=O)[C@]3(C)O)C2)c1. The van der Waals surface area contributed by atoms with E-state index in [2.05, 4.69) is 17.9 Å². The number of benzene rings is 3. The van der Waals surface area contributed by atoms with Crippen LogP contribution in [0.3, 0.4) is 0 Å². The quantitative estimate of drug-likeness (QED) is 0.135. The highest BCUT2D eigenvalue weighted by atomic mass is 16.6. The Morgan fingerprint density at radius 2 is 1.68 bits per heavy atom. The summed E-state index contributed by atoms with van der Waals surface area (Å²) in [5.74, 6) is 3.66. The predicted molar refractivity (Wildman–Crippen MR) is 207 cm³/mol. The Morgan fingerprint density at radius 3 is 2.46 bits per heavy atom. The molecule has 4 aliphatic rings. The fourth-order valence-corrected chi connectivity index (χ4v) is 8.75. The molecule has 3 heterocycles. The second-order valence-electron chi connectivity index (χ2n) is 16.3. The summed E-state index contributed by atoms with van der Waals surface area (Å²) < 4.78 is 12.0. The minimum atomic E-state index is -1.61. The van der Waals surface area contributed by atoms with Gasteiger partial charge in [-0.25, -0.2) is 4.79 Å². The number of fused-ring (bicyclic) bond motifs is 8. The van der Waals surface area contributed by atoms with Crippen molar-refractivity contribution in [3.63, 3.8) is 0 Å². The lowest BCUT2D eigenvalue weighted by Crippen LogP contribution is -2.52.